The van der Waals surface area contributed by atoms with Gasteiger partial charge in [-0.15, -0.1) is 0 Å². The predicted octanol–water partition coefficient (Wildman–Crippen LogP) is 1.61. The number of hydrogen-bond acceptors (Lipinski definition) is 4. The minimum atomic E-state index is -0.282. The lowest BCUT2D eigenvalue weighted by Crippen LogP contribution is -2.32. The third-order valence-electron chi connectivity index (χ3n) is 2.69. The van der Waals surface area contributed by atoms with Gasteiger partial charge in [-0.25, -0.2) is 0 Å². The van der Waals surface area contributed by atoms with E-state index in [1.165, 1.54) is 0 Å². The third-order valence-corrected chi connectivity index (χ3v) is 2.92. The topological polar surface area (TPSA) is 71.1 Å². The SMILES string of the molecule is O=C(CCS)NCC(=O)Nc1cccc2cccnc12. The monoisotopic (exact) mass is 289 g/mol. The molecule has 1 aromatic carbocycles. The summed E-state index contributed by atoms with van der Waals surface area (Å²) >= 11 is 3.96. The molecule has 20 heavy (non-hydrogen) atoms. The smallest absolute Gasteiger partial charge is 0.243 e. The van der Waals surface area contributed by atoms with E-state index in [0.717, 1.165) is 10.9 Å². The van der Waals surface area contributed by atoms with Gasteiger partial charge in [-0.2, -0.15) is 12.6 Å². The van der Waals surface area contributed by atoms with E-state index in [2.05, 4.69) is 28.2 Å². The van der Waals surface area contributed by atoms with Crippen molar-refractivity contribution in [2.75, 3.05) is 17.6 Å². The van der Waals surface area contributed by atoms with Crippen LogP contribution in [0.25, 0.3) is 10.9 Å². The van der Waals surface area contributed by atoms with Crippen molar-refractivity contribution < 1.29 is 9.59 Å². The van der Waals surface area contributed by atoms with Gasteiger partial charge in [0.05, 0.1) is 17.7 Å². The summed E-state index contributed by atoms with van der Waals surface area (Å²) in [5, 5.41) is 6.23. The third kappa shape index (κ3) is 3.71. The molecule has 104 valence electrons. The van der Waals surface area contributed by atoms with E-state index in [4.69, 9.17) is 0 Å². The Balaban J connectivity index is 2.01. The van der Waals surface area contributed by atoms with Gasteiger partial charge in [-0.3, -0.25) is 14.6 Å². The van der Waals surface area contributed by atoms with Gasteiger partial charge in [0.2, 0.25) is 11.8 Å². The van der Waals surface area contributed by atoms with E-state index in [1.807, 2.05) is 24.3 Å². The highest BCUT2D eigenvalue weighted by Crippen LogP contribution is 2.20. The number of benzene rings is 1. The number of carbonyl (C=O) groups excluding carboxylic acids is 2. The number of anilines is 1. The minimum Gasteiger partial charge on any atom is -0.347 e. The summed E-state index contributed by atoms with van der Waals surface area (Å²) in [6.07, 6.45) is 1.97. The van der Waals surface area contributed by atoms with Crippen LogP contribution in [0, 0.1) is 0 Å². The molecule has 0 aliphatic rings. The second kappa shape index (κ2) is 6.91. The Bertz CT molecular complexity index is 625. The number of fused-ring (bicyclic) bond motifs is 1. The van der Waals surface area contributed by atoms with Crippen molar-refractivity contribution in [1.29, 1.82) is 0 Å². The lowest BCUT2D eigenvalue weighted by Gasteiger charge is -2.08. The number of carbonyl (C=O) groups is 2. The molecule has 0 unspecified atom stereocenters. The molecule has 2 rings (SSSR count). The Morgan fingerprint density at radius 1 is 1.15 bits per heavy atom. The van der Waals surface area contributed by atoms with Crippen LogP contribution in [0.3, 0.4) is 0 Å². The highest BCUT2D eigenvalue weighted by molar-refractivity contribution is 7.80. The maximum atomic E-state index is 11.8. The molecule has 0 saturated carbocycles. The van der Waals surface area contributed by atoms with E-state index < -0.39 is 0 Å². The standard InChI is InChI=1S/C14H15N3O2S/c18-12(6-8-20)16-9-13(19)17-11-5-1-3-10-4-2-7-15-14(10)11/h1-5,7,20H,6,8-9H2,(H,16,18)(H,17,19). The molecule has 0 radical (unpaired) electrons. The molecule has 1 aromatic heterocycles. The number of hydrogen-bond donors (Lipinski definition) is 3. The fourth-order valence-corrected chi connectivity index (χ4v) is 1.97. The van der Waals surface area contributed by atoms with Gasteiger partial charge < -0.3 is 10.6 Å². The molecule has 1 heterocycles. The van der Waals surface area contributed by atoms with Crippen LogP contribution < -0.4 is 10.6 Å². The molecule has 6 heteroatoms. The Kier molecular flexibility index (Phi) is 4.95. The highest BCUT2D eigenvalue weighted by atomic mass is 32.1. The van der Waals surface area contributed by atoms with Crippen LogP contribution >= 0.6 is 12.6 Å². The summed E-state index contributed by atoms with van der Waals surface area (Å²) in [7, 11) is 0. The molecule has 0 fully saturated rings. The zero-order valence-electron chi connectivity index (χ0n) is 10.8. The van der Waals surface area contributed by atoms with E-state index in [9.17, 15) is 9.59 Å². The van der Waals surface area contributed by atoms with E-state index in [-0.39, 0.29) is 18.4 Å². The van der Waals surface area contributed by atoms with Gasteiger partial charge in [-0.05, 0) is 17.9 Å². The number of nitrogens with one attached hydrogen (secondary N) is 2. The summed E-state index contributed by atoms with van der Waals surface area (Å²) in [5.41, 5.74) is 1.36. The molecular weight excluding hydrogens is 274 g/mol. The number of nitrogens with zero attached hydrogens (tertiary/aromatic N) is 1. The van der Waals surface area contributed by atoms with Crippen LogP contribution in [-0.2, 0) is 9.59 Å². The Morgan fingerprint density at radius 3 is 2.75 bits per heavy atom. The summed E-state index contributed by atoms with van der Waals surface area (Å²) in [6.45, 7) is -0.0597. The maximum absolute atomic E-state index is 11.8. The fourth-order valence-electron chi connectivity index (χ4n) is 1.77. The minimum absolute atomic E-state index is 0.0597. The Morgan fingerprint density at radius 2 is 1.95 bits per heavy atom. The number of para-hydroxylation sites is 1. The first-order chi connectivity index (χ1) is 9.70. The van der Waals surface area contributed by atoms with Crippen molar-refractivity contribution >= 4 is 41.0 Å². The molecule has 0 aliphatic carbocycles. The van der Waals surface area contributed by atoms with Gasteiger partial charge in [0, 0.05) is 18.0 Å². The van der Waals surface area contributed by atoms with Crippen LogP contribution in [0.5, 0.6) is 0 Å². The maximum Gasteiger partial charge on any atom is 0.243 e. The van der Waals surface area contributed by atoms with Gasteiger partial charge in [0.1, 0.15) is 0 Å². The zero-order chi connectivity index (χ0) is 14.4. The number of amides is 2. The fraction of sp³-hybridized carbons (Fsp3) is 0.214. The van der Waals surface area contributed by atoms with Crippen LogP contribution in [0.15, 0.2) is 36.5 Å². The van der Waals surface area contributed by atoms with Crippen molar-refractivity contribution in [2.45, 2.75) is 6.42 Å². The van der Waals surface area contributed by atoms with Crippen molar-refractivity contribution in [3.8, 4) is 0 Å². The van der Waals surface area contributed by atoms with E-state index in [0.29, 0.717) is 17.9 Å². The molecule has 0 atom stereocenters. The first-order valence-corrected chi connectivity index (χ1v) is 6.85. The molecule has 2 aromatic rings. The molecule has 2 amide bonds. The van der Waals surface area contributed by atoms with Crippen molar-refractivity contribution in [3.05, 3.63) is 36.5 Å². The molecule has 0 aliphatic heterocycles. The van der Waals surface area contributed by atoms with Crippen molar-refractivity contribution in [2.24, 2.45) is 0 Å². The van der Waals surface area contributed by atoms with Crippen molar-refractivity contribution in [3.63, 3.8) is 0 Å². The van der Waals surface area contributed by atoms with Gasteiger partial charge in [0.25, 0.3) is 0 Å². The average Bonchev–Trinajstić information content (AvgIpc) is 2.46. The second-order valence-corrected chi connectivity index (χ2v) is 4.63. The number of thiol groups is 1. The summed E-state index contributed by atoms with van der Waals surface area (Å²) in [6, 6.07) is 9.31. The molecule has 0 bridgehead atoms. The quantitative estimate of drug-likeness (QED) is 0.732. The first kappa shape index (κ1) is 14.3. The second-order valence-electron chi connectivity index (χ2n) is 4.18. The lowest BCUT2D eigenvalue weighted by atomic mass is 10.2. The summed E-state index contributed by atoms with van der Waals surface area (Å²) < 4.78 is 0. The normalized spacial score (nSPS) is 10.2. The number of aromatic nitrogens is 1. The van der Waals surface area contributed by atoms with Crippen LogP contribution in [0.2, 0.25) is 0 Å². The number of rotatable bonds is 5. The van der Waals surface area contributed by atoms with Gasteiger partial charge in [0.15, 0.2) is 0 Å². The lowest BCUT2D eigenvalue weighted by molar-refractivity contribution is -0.123. The van der Waals surface area contributed by atoms with E-state index >= 15 is 0 Å². The molecule has 0 saturated heterocycles. The number of pyridine rings is 1. The molecule has 0 spiro atoms. The highest BCUT2D eigenvalue weighted by Gasteiger charge is 2.07. The Labute approximate surface area is 122 Å². The predicted molar refractivity (Wildman–Crippen MR) is 81.9 cm³/mol. The van der Waals surface area contributed by atoms with Gasteiger partial charge >= 0.3 is 0 Å². The summed E-state index contributed by atoms with van der Waals surface area (Å²) in [4.78, 5) is 27.3. The molecule has 2 N–H and O–H groups in total. The van der Waals surface area contributed by atoms with Crippen LogP contribution in [0.4, 0.5) is 5.69 Å². The van der Waals surface area contributed by atoms with Crippen LogP contribution in [-0.4, -0.2) is 29.1 Å². The van der Waals surface area contributed by atoms with Crippen molar-refractivity contribution in [1.82, 2.24) is 10.3 Å². The van der Waals surface area contributed by atoms with E-state index in [1.54, 1.807) is 12.3 Å². The zero-order valence-corrected chi connectivity index (χ0v) is 11.7. The Hall–Kier alpha value is -2.08. The molecule has 5 nitrogen and oxygen atoms in total. The van der Waals surface area contributed by atoms with Gasteiger partial charge in [-0.1, -0.05) is 18.2 Å². The first-order valence-electron chi connectivity index (χ1n) is 6.22. The molecular formula is C14H15N3O2S. The largest absolute Gasteiger partial charge is 0.347 e. The summed E-state index contributed by atoms with van der Waals surface area (Å²) in [5.74, 6) is -0.0115. The average molecular weight is 289 g/mol. The van der Waals surface area contributed by atoms with Crippen LogP contribution in [0.1, 0.15) is 6.42 Å².